The van der Waals surface area contributed by atoms with E-state index in [2.05, 4.69) is 62.5 Å². The van der Waals surface area contributed by atoms with Crippen molar-refractivity contribution in [3.8, 4) is 0 Å². The molecule has 0 unspecified atom stereocenters. The van der Waals surface area contributed by atoms with Crippen LogP contribution in [0.5, 0.6) is 0 Å². The average Bonchev–Trinajstić information content (AvgIpc) is 3.45. The molecule has 2 aliphatic rings. The van der Waals surface area contributed by atoms with Gasteiger partial charge in [0.05, 0.1) is 12.1 Å². The Hall–Kier alpha value is -3.41. The monoisotopic (exact) mass is 382 g/mol. The maximum absolute atomic E-state index is 4.87. The van der Waals surface area contributed by atoms with Crippen LogP contribution in [0, 0.1) is 0 Å². The fourth-order valence-corrected chi connectivity index (χ4v) is 4.58. The molecule has 3 heterocycles. The molecule has 144 valence electrons. The molecule has 1 aliphatic carbocycles. The van der Waals surface area contributed by atoms with Crippen molar-refractivity contribution in [3.05, 3.63) is 71.3 Å². The Bertz CT molecular complexity index is 1280. The number of aromatic nitrogens is 4. The van der Waals surface area contributed by atoms with Crippen molar-refractivity contribution in [2.75, 3.05) is 5.32 Å². The van der Waals surface area contributed by atoms with Crippen LogP contribution in [0.2, 0.25) is 0 Å². The molecule has 2 N–H and O–H groups in total. The largest absolute Gasteiger partial charge is 0.325 e. The van der Waals surface area contributed by atoms with Crippen molar-refractivity contribution in [1.82, 2.24) is 19.7 Å². The van der Waals surface area contributed by atoms with Crippen molar-refractivity contribution >= 4 is 28.4 Å². The van der Waals surface area contributed by atoms with E-state index >= 15 is 0 Å². The fraction of sp³-hybridized carbons (Fsp3) is 0.261. The van der Waals surface area contributed by atoms with Crippen molar-refractivity contribution in [2.24, 2.45) is 4.99 Å². The first-order valence-electron chi connectivity index (χ1n) is 10.3. The summed E-state index contributed by atoms with van der Waals surface area (Å²) in [6, 6.07) is 18.8. The molecule has 0 atom stereocenters. The molecule has 0 radical (unpaired) electrons. The molecule has 2 aromatic carbocycles. The highest BCUT2D eigenvalue weighted by Crippen LogP contribution is 2.34. The lowest BCUT2D eigenvalue weighted by Crippen LogP contribution is -2.23. The Labute approximate surface area is 168 Å². The van der Waals surface area contributed by atoms with E-state index in [9.17, 15) is 0 Å². The van der Waals surface area contributed by atoms with Crippen LogP contribution in [0.4, 0.5) is 17.5 Å². The predicted molar refractivity (Wildman–Crippen MR) is 114 cm³/mol. The van der Waals surface area contributed by atoms with Crippen LogP contribution in [0.3, 0.4) is 0 Å². The summed E-state index contributed by atoms with van der Waals surface area (Å²) in [5.41, 5.74) is 5.37. The Kier molecular flexibility index (Phi) is 3.75. The summed E-state index contributed by atoms with van der Waals surface area (Å²) in [7, 11) is 0. The minimum Gasteiger partial charge on any atom is -0.325 e. The molecule has 1 aliphatic heterocycles. The van der Waals surface area contributed by atoms with Gasteiger partial charge in [0.25, 0.3) is 0 Å². The van der Waals surface area contributed by atoms with Crippen LogP contribution in [0.15, 0.2) is 59.6 Å². The maximum Gasteiger partial charge on any atom is 0.210 e. The molecule has 4 aromatic rings. The molecule has 6 heteroatoms. The number of fused-ring (bicyclic) bond motifs is 4. The van der Waals surface area contributed by atoms with Gasteiger partial charge in [0.2, 0.25) is 5.95 Å². The first kappa shape index (κ1) is 16.5. The first-order chi connectivity index (χ1) is 14.3. The molecule has 0 saturated heterocycles. The van der Waals surface area contributed by atoms with Crippen molar-refractivity contribution in [2.45, 2.75) is 38.1 Å². The Morgan fingerprint density at radius 2 is 1.83 bits per heavy atom. The molecule has 6 nitrogen and oxygen atoms in total. The van der Waals surface area contributed by atoms with Crippen LogP contribution >= 0.6 is 0 Å². The minimum atomic E-state index is 0.591. The first-order valence-corrected chi connectivity index (χ1v) is 10.3. The summed E-state index contributed by atoms with van der Waals surface area (Å²) < 4.78 is 2.21. The highest BCUT2D eigenvalue weighted by molar-refractivity contribution is 5.81. The summed E-state index contributed by atoms with van der Waals surface area (Å²) in [6.07, 6.45) is 5.08. The number of rotatable bonds is 2. The van der Waals surface area contributed by atoms with Gasteiger partial charge in [0.15, 0.2) is 11.3 Å². The van der Waals surface area contributed by atoms with Gasteiger partial charge in [-0.25, -0.2) is 4.99 Å². The number of benzene rings is 2. The lowest BCUT2D eigenvalue weighted by atomic mass is 10.0. The van der Waals surface area contributed by atoms with E-state index in [4.69, 9.17) is 9.98 Å². The molecule has 0 bridgehead atoms. The number of H-pyrrole nitrogens is 1. The third-order valence-electron chi connectivity index (χ3n) is 6.10. The molecule has 29 heavy (non-hydrogen) atoms. The van der Waals surface area contributed by atoms with Gasteiger partial charge in [-0.15, -0.1) is 0 Å². The van der Waals surface area contributed by atoms with E-state index in [1.54, 1.807) is 0 Å². The van der Waals surface area contributed by atoms with Gasteiger partial charge >= 0.3 is 0 Å². The Balaban J connectivity index is 1.49. The zero-order chi connectivity index (χ0) is 19.2. The zero-order valence-electron chi connectivity index (χ0n) is 16.1. The van der Waals surface area contributed by atoms with Gasteiger partial charge in [-0.3, -0.25) is 5.10 Å². The van der Waals surface area contributed by atoms with Crippen molar-refractivity contribution < 1.29 is 0 Å². The fourth-order valence-electron chi connectivity index (χ4n) is 4.58. The van der Waals surface area contributed by atoms with E-state index in [1.807, 2.05) is 12.1 Å². The Morgan fingerprint density at radius 1 is 1.00 bits per heavy atom. The van der Waals surface area contributed by atoms with Gasteiger partial charge in [0.1, 0.15) is 0 Å². The standard InChI is InChI=1S/C23H22N6/c1-2-8-15(7-1)19-13-21(28-27-19)25-22-17-10-4-6-12-20(17)29-14-16-9-3-5-11-18(16)24-23(29)26-22/h3-6,9-13,15H,1-2,7-8,14H2,(H2,24,25,26,27,28). The second-order valence-corrected chi connectivity index (χ2v) is 7.92. The van der Waals surface area contributed by atoms with Crippen LogP contribution in [-0.4, -0.2) is 19.7 Å². The number of nitrogens with zero attached hydrogens (tertiary/aromatic N) is 4. The van der Waals surface area contributed by atoms with Crippen LogP contribution in [0.1, 0.15) is 42.9 Å². The predicted octanol–water partition coefficient (Wildman–Crippen LogP) is 4.75. The highest BCUT2D eigenvalue weighted by Gasteiger charge is 2.20. The molecule has 1 saturated carbocycles. The number of anilines is 2. The lowest BCUT2D eigenvalue weighted by molar-refractivity contribution is 0.693. The Morgan fingerprint density at radius 3 is 2.76 bits per heavy atom. The summed E-state index contributed by atoms with van der Waals surface area (Å²) in [5.74, 6) is 2.10. The van der Waals surface area contributed by atoms with Gasteiger partial charge in [0, 0.05) is 28.8 Å². The van der Waals surface area contributed by atoms with E-state index in [0.717, 1.165) is 29.1 Å². The summed E-state index contributed by atoms with van der Waals surface area (Å²) in [6.45, 7) is 0.792. The minimum absolute atomic E-state index is 0.591. The third-order valence-corrected chi connectivity index (χ3v) is 6.10. The number of aromatic amines is 1. The van der Waals surface area contributed by atoms with E-state index < -0.39 is 0 Å². The molecule has 0 spiro atoms. The number of nitrogens with one attached hydrogen (secondary N) is 2. The quantitative estimate of drug-likeness (QED) is 0.463. The zero-order valence-corrected chi connectivity index (χ0v) is 16.1. The lowest BCUT2D eigenvalue weighted by Gasteiger charge is -2.24. The van der Waals surface area contributed by atoms with Crippen LogP contribution in [0.25, 0.3) is 10.9 Å². The molecule has 1 fully saturated rings. The molecular formula is C23H22N6. The van der Waals surface area contributed by atoms with E-state index in [-0.39, 0.29) is 0 Å². The van der Waals surface area contributed by atoms with Crippen molar-refractivity contribution in [3.63, 3.8) is 0 Å². The normalized spacial score (nSPS) is 16.6. The molecule has 6 rings (SSSR count). The number of para-hydroxylation sites is 2. The summed E-state index contributed by atoms with van der Waals surface area (Å²) in [4.78, 5) is 9.69. The number of hydrogen-bond donors (Lipinski definition) is 2. The average molecular weight is 382 g/mol. The van der Waals surface area contributed by atoms with Crippen LogP contribution < -0.4 is 10.8 Å². The summed E-state index contributed by atoms with van der Waals surface area (Å²) >= 11 is 0. The van der Waals surface area contributed by atoms with Gasteiger partial charge in [-0.2, -0.15) is 10.1 Å². The maximum atomic E-state index is 4.87. The molecule has 2 aromatic heterocycles. The molecular weight excluding hydrogens is 360 g/mol. The smallest absolute Gasteiger partial charge is 0.210 e. The second kappa shape index (κ2) is 6.58. The third kappa shape index (κ3) is 2.83. The topological polar surface area (TPSA) is 70.9 Å². The molecule has 0 amide bonds. The van der Waals surface area contributed by atoms with Crippen molar-refractivity contribution in [1.29, 1.82) is 0 Å². The summed E-state index contributed by atoms with van der Waals surface area (Å²) in [5, 5.41) is 12.2. The second-order valence-electron chi connectivity index (χ2n) is 7.92. The SMILES string of the molecule is c1ccc2c(c1)Cn1c(nc(=Nc3cc(C4CCCC4)[nH]n3)c3ccccc31)N2. The van der Waals surface area contributed by atoms with Gasteiger partial charge in [-0.1, -0.05) is 43.2 Å². The van der Waals surface area contributed by atoms with E-state index in [1.165, 1.54) is 36.9 Å². The van der Waals surface area contributed by atoms with Gasteiger partial charge < -0.3 is 9.88 Å². The highest BCUT2D eigenvalue weighted by atomic mass is 15.2. The van der Waals surface area contributed by atoms with Crippen LogP contribution in [-0.2, 0) is 6.54 Å². The number of hydrogen-bond acceptors (Lipinski definition) is 4. The van der Waals surface area contributed by atoms with Gasteiger partial charge in [-0.05, 0) is 36.6 Å². The van der Waals surface area contributed by atoms with E-state index in [0.29, 0.717) is 17.2 Å².